The highest BCUT2D eigenvalue weighted by Crippen LogP contribution is 2.36. The van der Waals surface area contributed by atoms with Crippen LogP contribution in [-0.2, 0) is 9.13 Å². The summed E-state index contributed by atoms with van der Waals surface area (Å²) in [5, 5.41) is 9.95. The van der Waals surface area contributed by atoms with Crippen molar-refractivity contribution in [2.45, 2.75) is 32.6 Å². The first-order valence-corrected chi connectivity index (χ1v) is 25.2. The molecule has 0 aliphatic carbocycles. The van der Waals surface area contributed by atoms with E-state index in [4.69, 9.17) is 21.6 Å². The molecule has 1 aliphatic rings. The van der Waals surface area contributed by atoms with Crippen LogP contribution in [0.5, 0.6) is 0 Å². The fraction of sp³-hybridized carbons (Fsp3) is 0.432. The van der Waals surface area contributed by atoms with Crippen molar-refractivity contribution in [3.8, 4) is 11.3 Å². The fourth-order valence-electron chi connectivity index (χ4n) is 7.76. The average molecular weight is 909 g/mol. The quantitative estimate of drug-likeness (QED) is 0.0471. The monoisotopic (exact) mass is 908 g/mol. The summed E-state index contributed by atoms with van der Waals surface area (Å²) in [4.78, 5) is 70.4. The Morgan fingerprint density at radius 1 is 0.677 bits per heavy atom. The standard InChI is InChI=1S/C44H59ClN8O7P2/c1-34-14-16-40-36(30-34)15-17-42(48-40)53-28-26-51(32-61(55,56)57)24-22-50(23-25-52(27-29-53)33-62(58,59)60)21-20-46-18-8-2-3-9-19-47-44(54)41-31-35-10-4-5-11-37(35)43(49-41)38-12-6-7-13-39(38)45/h4-7,10-17,30-31,46H,2-3,8-9,18-29,32-33H2,1H3,(H,47,54)(H2,55,56,57)(H2,58,59,60). The number of nitrogens with one attached hydrogen (secondary N) is 2. The highest BCUT2D eigenvalue weighted by molar-refractivity contribution is 7.51. The van der Waals surface area contributed by atoms with Gasteiger partial charge in [-0.25, -0.2) is 9.97 Å². The molecule has 0 atom stereocenters. The summed E-state index contributed by atoms with van der Waals surface area (Å²) in [5.74, 6) is 0.473. The van der Waals surface area contributed by atoms with Crippen molar-refractivity contribution < 1.29 is 33.5 Å². The van der Waals surface area contributed by atoms with E-state index >= 15 is 0 Å². The molecule has 18 heteroatoms. The minimum Gasteiger partial charge on any atom is -0.354 e. The molecule has 1 aliphatic heterocycles. The van der Waals surface area contributed by atoms with Gasteiger partial charge in [0.2, 0.25) is 0 Å². The number of hydrogen-bond acceptors (Lipinski definition) is 10. The molecule has 6 N–H and O–H groups in total. The molecular weight excluding hydrogens is 850 g/mol. The van der Waals surface area contributed by atoms with Crippen LogP contribution in [0.15, 0.2) is 84.9 Å². The molecule has 1 fully saturated rings. The maximum atomic E-state index is 13.2. The molecule has 3 aromatic carbocycles. The zero-order valence-corrected chi connectivity index (χ0v) is 37.8. The molecule has 2 aromatic heterocycles. The van der Waals surface area contributed by atoms with Gasteiger partial charge in [0, 0.05) is 93.4 Å². The van der Waals surface area contributed by atoms with Crippen molar-refractivity contribution in [2.75, 3.05) is 96.0 Å². The maximum absolute atomic E-state index is 13.2. The second-order valence-electron chi connectivity index (χ2n) is 16.0. The number of hydrogen-bond donors (Lipinski definition) is 6. The first-order valence-electron chi connectivity index (χ1n) is 21.2. The van der Waals surface area contributed by atoms with E-state index in [0.29, 0.717) is 94.2 Å². The molecule has 0 saturated carbocycles. The molecule has 0 bridgehead atoms. The summed E-state index contributed by atoms with van der Waals surface area (Å²) in [6.45, 7) is 8.19. The summed E-state index contributed by atoms with van der Waals surface area (Å²) in [7, 11) is -8.68. The highest BCUT2D eigenvalue weighted by atomic mass is 35.5. The van der Waals surface area contributed by atoms with Crippen LogP contribution < -0.4 is 15.5 Å². The molecule has 0 spiro atoms. The molecular formula is C44H59ClN8O7P2. The molecule has 1 saturated heterocycles. The Hall–Kier alpha value is -3.82. The normalized spacial score (nSPS) is 15.7. The van der Waals surface area contributed by atoms with Crippen LogP contribution in [0.25, 0.3) is 32.9 Å². The molecule has 0 unspecified atom stereocenters. The summed E-state index contributed by atoms with van der Waals surface area (Å²) < 4.78 is 24.4. The van der Waals surface area contributed by atoms with E-state index in [1.54, 1.807) is 9.80 Å². The predicted molar refractivity (Wildman–Crippen MR) is 248 cm³/mol. The van der Waals surface area contributed by atoms with Gasteiger partial charge in [-0.05, 0) is 68.1 Å². The van der Waals surface area contributed by atoms with Crippen molar-refractivity contribution in [2.24, 2.45) is 0 Å². The Balaban J connectivity index is 0.965. The number of unbranched alkanes of at least 4 members (excludes halogenated alkanes) is 3. The Morgan fingerprint density at radius 3 is 2.00 bits per heavy atom. The lowest BCUT2D eigenvalue weighted by Gasteiger charge is -2.35. The summed E-state index contributed by atoms with van der Waals surface area (Å²) in [5.41, 5.74) is 3.75. The number of anilines is 1. The molecule has 334 valence electrons. The average Bonchev–Trinajstić information content (AvgIpc) is 3.22. The van der Waals surface area contributed by atoms with E-state index in [1.807, 2.05) is 90.7 Å². The van der Waals surface area contributed by atoms with Crippen LogP contribution in [0.2, 0.25) is 5.02 Å². The predicted octanol–water partition coefficient (Wildman–Crippen LogP) is 5.99. The molecule has 1 amide bonds. The van der Waals surface area contributed by atoms with Gasteiger partial charge in [-0.15, -0.1) is 0 Å². The maximum Gasteiger partial charge on any atom is 0.339 e. The number of aromatic nitrogens is 2. The third-order valence-corrected chi connectivity index (χ3v) is 12.9. The molecule has 62 heavy (non-hydrogen) atoms. The highest BCUT2D eigenvalue weighted by Gasteiger charge is 2.25. The summed E-state index contributed by atoms with van der Waals surface area (Å²) in [6.07, 6.45) is 2.99. The van der Waals surface area contributed by atoms with Crippen molar-refractivity contribution in [1.82, 2.24) is 35.3 Å². The van der Waals surface area contributed by atoms with Gasteiger partial charge in [0.1, 0.15) is 24.1 Å². The molecule has 15 nitrogen and oxygen atoms in total. The van der Waals surface area contributed by atoms with Crippen LogP contribution in [0.1, 0.15) is 41.7 Å². The van der Waals surface area contributed by atoms with E-state index < -0.39 is 15.2 Å². The zero-order chi connectivity index (χ0) is 44.1. The van der Waals surface area contributed by atoms with Gasteiger partial charge in [0.25, 0.3) is 5.91 Å². The number of rotatable bonds is 17. The second-order valence-corrected chi connectivity index (χ2v) is 19.7. The Kier molecular flexibility index (Phi) is 17.4. The Labute approximate surface area is 368 Å². The first-order chi connectivity index (χ1) is 29.7. The van der Waals surface area contributed by atoms with Gasteiger partial charge in [-0.1, -0.05) is 78.5 Å². The van der Waals surface area contributed by atoms with E-state index in [2.05, 4.69) is 21.6 Å². The van der Waals surface area contributed by atoms with Crippen molar-refractivity contribution >= 4 is 60.2 Å². The van der Waals surface area contributed by atoms with Gasteiger partial charge >= 0.3 is 15.2 Å². The molecule has 6 rings (SSSR count). The number of aryl methyl sites for hydroxylation is 1. The SMILES string of the molecule is Cc1ccc2nc(N3CCN(CP(=O)(O)O)CCN(CCNCCCCCCNC(=O)c4cc5ccccc5c(-c5ccccc5Cl)n4)CCN(CP(=O)(O)O)CC3)ccc2c1. The summed E-state index contributed by atoms with van der Waals surface area (Å²) in [6, 6.07) is 27.1. The topological polar surface area (TPSA) is 195 Å². The van der Waals surface area contributed by atoms with E-state index in [-0.39, 0.29) is 18.5 Å². The largest absolute Gasteiger partial charge is 0.354 e. The number of nitrogens with zero attached hydrogens (tertiary/aromatic N) is 6. The van der Waals surface area contributed by atoms with Gasteiger partial charge in [0.15, 0.2) is 0 Å². The van der Waals surface area contributed by atoms with Crippen molar-refractivity contribution in [3.63, 3.8) is 0 Å². The summed E-state index contributed by atoms with van der Waals surface area (Å²) >= 11 is 6.51. The first kappa shape index (κ1) is 47.7. The van der Waals surface area contributed by atoms with Gasteiger partial charge < -0.3 is 35.1 Å². The second kappa shape index (κ2) is 22.7. The van der Waals surface area contributed by atoms with E-state index in [9.17, 15) is 33.5 Å². The van der Waals surface area contributed by atoms with Gasteiger partial charge in [-0.3, -0.25) is 28.6 Å². The minimum absolute atomic E-state index is 0.225. The van der Waals surface area contributed by atoms with E-state index in [0.717, 1.165) is 65.0 Å². The lowest BCUT2D eigenvalue weighted by atomic mass is 10.0. The smallest absolute Gasteiger partial charge is 0.339 e. The minimum atomic E-state index is -4.34. The van der Waals surface area contributed by atoms with Gasteiger partial charge in [-0.2, -0.15) is 0 Å². The number of fused-ring (bicyclic) bond motifs is 2. The van der Waals surface area contributed by atoms with Crippen LogP contribution in [0.4, 0.5) is 5.82 Å². The van der Waals surface area contributed by atoms with E-state index in [1.165, 1.54) is 0 Å². The zero-order valence-electron chi connectivity index (χ0n) is 35.3. The van der Waals surface area contributed by atoms with Crippen LogP contribution >= 0.6 is 26.8 Å². The third kappa shape index (κ3) is 14.9. The lowest BCUT2D eigenvalue weighted by Crippen LogP contribution is -2.47. The number of benzene rings is 3. The van der Waals surface area contributed by atoms with Crippen LogP contribution in [-0.4, -0.2) is 141 Å². The van der Waals surface area contributed by atoms with Crippen LogP contribution in [0, 0.1) is 6.92 Å². The number of amides is 1. The van der Waals surface area contributed by atoms with Gasteiger partial charge in [0.05, 0.1) is 11.2 Å². The number of halogens is 1. The van der Waals surface area contributed by atoms with Crippen LogP contribution in [0.3, 0.4) is 0 Å². The Morgan fingerprint density at radius 2 is 1.31 bits per heavy atom. The number of pyridine rings is 2. The number of carbonyl (C=O) groups is 1. The lowest BCUT2D eigenvalue weighted by molar-refractivity contribution is 0.0948. The number of carbonyl (C=O) groups excluding carboxylic acids is 1. The third-order valence-electron chi connectivity index (χ3n) is 11.0. The molecule has 3 heterocycles. The Bertz CT molecular complexity index is 2330. The molecule has 5 aromatic rings. The van der Waals surface area contributed by atoms with Crippen molar-refractivity contribution in [3.05, 3.63) is 101 Å². The fourth-order valence-corrected chi connectivity index (χ4v) is 9.59. The van der Waals surface area contributed by atoms with Crippen molar-refractivity contribution in [1.29, 1.82) is 0 Å². The molecule has 0 radical (unpaired) electrons.